The number of hydrogen-bond acceptors (Lipinski definition) is 3. The molecule has 0 fully saturated rings. The zero-order valence-electron chi connectivity index (χ0n) is 9.85. The highest BCUT2D eigenvalue weighted by Gasteiger charge is 2.31. The highest BCUT2D eigenvalue weighted by Crippen LogP contribution is 2.51. The SMILES string of the molecule is CCCCCC(CC)P(=O)(O)OC(C)O. The second kappa shape index (κ2) is 7.39. The van der Waals surface area contributed by atoms with Gasteiger partial charge in [-0.25, -0.2) is 0 Å². The van der Waals surface area contributed by atoms with E-state index in [0.29, 0.717) is 12.8 Å². The second-order valence-electron chi connectivity index (χ2n) is 3.83. The Bertz CT molecular complexity index is 206. The molecule has 3 atom stereocenters. The van der Waals surface area contributed by atoms with Crippen molar-refractivity contribution in [3.8, 4) is 0 Å². The number of hydrogen-bond donors (Lipinski definition) is 2. The lowest BCUT2D eigenvalue weighted by molar-refractivity contribution is -0.00967. The summed E-state index contributed by atoms with van der Waals surface area (Å²) in [5.41, 5.74) is -0.348. The highest BCUT2D eigenvalue weighted by atomic mass is 31.2. The molecular weight excluding hydrogens is 215 g/mol. The average molecular weight is 238 g/mol. The Labute approximate surface area is 92.2 Å². The molecule has 3 unspecified atom stereocenters. The molecule has 2 N–H and O–H groups in total. The third-order valence-electron chi connectivity index (χ3n) is 2.38. The van der Waals surface area contributed by atoms with Gasteiger partial charge >= 0.3 is 7.60 Å². The van der Waals surface area contributed by atoms with Crippen LogP contribution >= 0.6 is 7.60 Å². The average Bonchev–Trinajstić information content (AvgIpc) is 2.09. The third kappa shape index (κ3) is 6.31. The molecule has 5 heteroatoms. The molecule has 0 rings (SSSR count). The van der Waals surface area contributed by atoms with Gasteiger partial charge in [0.1, 0.15) is 0 Å². The minimum absolute atomic E-state index is 0.348. The van der Waals surface area contributed by atoms with Crippen molar-refractivity contribution in [3.63, 3.8) is 0 Å². The topological polar surface area (TPSA) is 66.8 Å². The summed E-state index contributed by atoms with van der Waals surface area (Å²) in [7, 11) is -3.65. The van der Waals surface area contributed by atoms with E-state index in [0.717, 1.165) is 19.3 Å². The van der Waals surface area contributed by atoms with E-state index in [1.54, 1.807) is 0 Å². The zero-order chi connectivity index (χ0) is 11.9. The maximum absolute atomic E-state index is 11.7. The first-order valence-electron chi connectivity index (χ1n) is 5.63. The first-order valence-corrected chi connectivity index (χ1v) is 7.27. The fourth-order valence-electron chi connectivity index (χ4n) is 1.53. The van der Waals surface area contributed by atoms with Crippen LogP contribution < -0.4 is 0 Å². The summed E-state index contributed by atoms with van der Waals surface area (Å²) in [6.45, 7) is 5.30. The monoisotopic (exact) mass is 238 g/mol. The van der Waals surface area contributed by atoms with Crippen molar-refractivity contribution in [2.45, 2.75) is 64.8 Å². The van der Waals surface area contributed by atoms with E-state index in [2.05, 4.69) is 11.4 Å². The molecule has 0 aromatic rings. The van der Waals surface area contributed by atoms with Gasteiger partial charge in [-0.05, 0) is 19.8 Å². The van der Waals surface area contributed by atoms with Gasteiger partial charge in [-0.3, -0.25) is 9.09 Å². The molecule has 0 spiro atoms. The van der Waals surface area contributed by atoms with E-state index in [-0.39, 0.29) is 5.66 Å². The Morgan fingerprint density at radius 1 is 1.33 bits per heavy atom. The Morgan fingerprint density at radius 2 is 1.93 bits per heavy atom. The number of rotatable bonds is 8. The number of unbranched alkanes of at least 4 members (excludes halogenated alkanes) is 2. The van der Waals surface area contributed by atoms with Crippen LogP contribution in [0.2, 0.25) is 0 Å². The molecule has 4 nitrogen and oxygen atoms in total. The maximum Gasteiger partial charge on any atom is 0.333 e. The van der Waals surface area contributed by atoms with Gasteiger partial charge in [0.15, 0.2) is 6.29 Å². The van der Waals surface area contributed by atoms with Gasteiger partial charge in [-0.2, -0.15) is 0 Å². The predicted octanol–water partition coefficient (Wildman–Crippen LogP) is 2.89. The van der Waals surface area contributed by atoms with Gasteiger partial charge in [0.2, 0.25) is 0 Å². The maximum atomic E-state index is 11.7. The summed E-state index contributed by atoms with van der Waals surface area (Å²) < 4.78 is 16.4. The summed E-state index contributed by atoms with van der Waals surface area (Å²) in [6, 6.07) is 0. The molecule has 0 amide bonds. The lowest BCUT2D eigenvalue weighted by atomic mass is 10.1. The van der Waals surface area contributed by atoms with Crippen molar-refractivity contribution in [2.75, 3.05) is 0 Å². The minimum atomic E-state index is -3.65. The van der Waals surface area contributed by atoms with Crippen molar-refractivity contribution in [1.29, 1.82) is 0 Å². The molecule has 0 bridgehead atoms. The van der Waals surface area contributed by atoms with E-state index < -0.39 is 13.9 Å². The molecule has 0 saturated heterocycles. The minimum Gasteiger partial charge on any atom is -0.368 e. The van der Waals surface area contributed by atoms with Crippen LogP contribution in [0.15, 0.2) is 0 Å². The first-order chi connectivity index (χ1) is 6.94. The largest absolute Gasteiger partial charge is 0.368 e. The molecule has 15 heavy (non-hydrogen) atoms. The van der Waals surface area contributed by atoms with Crippen LogP contribution in [-0.4, -0.2) is 21.9 Å². The van der Waals surface area contributed by atoms with Crippen LogP contribution in [0.4, 0.5) is 0 Å². The zero-order valence-corrected chi connectivity index (χ0v) is 10.7. The van der Waals surface area contributed by atoms with Crippen LogP contribution in [0.25, 0.3) is 0 Å². The fourth-order valence-corrected chi connectivity index (χ4v) is 3.11. The van der Waals surface area contributed by atoms with Gasteiger partial charge in [0.25, 0.3) is 0 Å². The van der Waals surface area contributed by atoms with E-state index in [9.17, 15) is 9.46 Å². The van der Waals surface area contributed by atoms with Crippen molar-refractivity contribution >= 4 is 7.60 Å². The van der Waals surface area contributed by atoms with Crippen LogP contribution in [0.3, 0.4) is 0 Å². The van der Waals surface area contributed by atoms with Crippen LogP contribution in [0.1, 0.15) is 52.9 Å². The van der Waals surface area contributed by atoms with Crippen molar-refractivity contribution < 1.29 is 19.1 Å². The molecule has 0 heterocycles. The molecule has 0 aromatic heterocycles. The lowest BCUT2D eigenvalue weighted by Gasteiger charge is -2.22. The normalized spacial score (nSPS) is 19.5. The quantitative estimate of drug-likeness (QED) is 0.387. The summed E-state index contributed by atoms with van der Waals surface area (Å²) >= 11 is 0. The molecule has 0 aromatic carbocycles. The van der Waals surface area contributed by atoms with E-state index in [4.69, 9.17) is 5.11 Å². The summed E-state index contributed by atoms with van der Waals surface area (Å²) in [4.78, 5) is 9.62. The Kier molecular flexibility index (Phi) is 7.45. The standard InChI is InChI=1S/C10H23O4P/c1-4-6-7-8-10(5-2)15(12,13)14-9(3)11/h9-11H,4-8H2,1-3H3,(H,12,13). The first kappa shape index (κ1) is 15.1. The van der Waals surface area contributed by atoms with Crippen molar-refractivity contribution in [2.24, 2.45) is 0 Å². The fraction of sp³-hybridized carbons (Fsp3) is 1.00. The Balaban J connectivity index is 4.18. The van der Waals surface area contributed by atoms with E-state index >= 15 is 0 Å². The van der Waals surface area contributed by atoms with E-state index in [1.165, 1.54) is 6.92 Å². The summed E-state index contributed by atoms with van der Waals surface area (Å²) in [6.07, 6.45) is 3.19. The molecular formula is C10H23O4P. The summed E-state index contributed by atoms with van der Waals surface area (Å²) in [5.74, 6) is 0. The lowest BCUT2D eigenvalue weighted by Crippen LogP contribution is -2.14. The molecule has 0 radical (unpaired) electrons. The molecule has 92 valence electrons. The Hall–Kier alpha value is 0.110. The van der Waals surface area contributed by atoms with Crippen LogP contribution in [0, 0.1) is 0 Å². The van der Waals surface area contributed by atoms with Crippen LogP contribution in [-0.2, 0) is 9.09 Å². The predicted molar refractivity (Wildman–Crippen MR) is 60.8 cm³/mol. The third-order valence-corrected chi connectivity index (χ3v) is 4.53. The molecule has 0 saturated carbocycles. The number of aliphatic hydroxyl groups excluding tert-OH is 1. The molecule has 0 aliphatic rings. The van der Waals surface area contributed by atoms with Gasteiger partial charge < -0.3 is 10.00 Å². The summed E-state index contributed by atoms with van der Waals surface area (Å²) in [5, 5.41) is 8.95. The number of aliphatic hydroxyl groups is 1. The van der Waals surface area contributed by atoms with Gasteiger partial charge in [-0.1, -0.05) is 33.1 Å². The van der Waals surface area contributed by atoms with Crippen molar-refractivity contribution in [1.82, 2.24) is 0 Å². The second-order valence-corrected chi connectivity index (χ2v) is 5.90. The van der Waals surface area contributed by atoms with E-state index in [1.807, 2.05) is 6.92 Å². The van der Waals surface area contributed by atoms with Gasteiger partial charge in [0, 0.05) is 0 Å². The van der Waals surface area contributed by atoms with Gasteiger partial charge in [0.05, 0.1) is 5.66 Å². The highest BCUT2D eigenvalue weighted by molar-refractivity contribution is 7.53. The smallest absolute Gasteiger partial charge is 0.333 e. The Morgan fingerprint density at radius 3 is 2.33 bits per heavy atom. The van der Waals surface area contributed by atoms with Crippen LogP contribution in [0.5, 0.6) is 0 Å². The van der Waals surface area contributed by atoms with Crippen molar-refractivity contribution in [3.05, 3.63) is 0 Å². The molecule has 0 aliphatic carbocycles. The molecule has 0 aliphatic heterocycles. The van der Waals surface area contributed by atoms with Gasteiger partial charge in [-0.15, -0.1) is 0 Å².